The average molecular weight is 286 g/mol. The fourth-order valence-electron chi connectivity index (χ4n) is 2.22. The third-order valence-corrected chi connectivity index (χ3v) is 4.22. The van der Waals surface area contributed by atoms with Crippen molar-refractivity contribution in [1.82, 2.24) is 9.97 Å². The highest BCUT2D eigenvalue weighted by atomic mass is 32.1. The Morgan fingerprint density at radius 1 is 1.10 bits per heavy atom. The van der Waals surface area contributed by atoms with E-state index in [1.165, 1.54) is 5.56 Å². The molecule has 0 N–H and O–H groups in total. The molecule has 3 aromatic rings. The quantitative estimate of drug-likeness (QED) is 0.736. The van der Waals surface area contributed by atoms with Gasteiger partial charge in [0.25, 0.3) is 0 Å². The predicted molar refractivity (Wildman–Crippen MR) is 80.7 cm³/mol. The Morgan fingerprint density at radius 3 is 2.70 bits per heavy atom. The molecule has 0 aliphatic heterocycles. The van der Waals surface area contributed by atoms with E-state index < -0.39 is 0 Å². The van der Waals surface area contributed by atoms with Gasteiger partial charge in [-0.2, -0.15) is 0 Å². The van der Waals surface area contributed by atoms with E-state index >= 15 is 0 Å². The lowest BCUT2D eigenvalue weighted by Gasteiger charge is -2.11. The topological polar surface area (TPSA) is 44.2 Å². The molecule has 0 atom stereocenters. The van der Waals surface area contributed by atoms with Crippen LogP contribution < -0.4 is 9.47 Å². The molecular weight excluding hydrogens is 272 g/mol. The Balaban J connectivity index is 2.32. The minimum absolute atomic E-state index is 0.774. The number of aryl methyl sites for hydroxylation is 1. The van der Waals surface area contributed by atoms with Crippen molar-refractivity contribution in [2.24, 2.45) is 0 Å². The fraction of sp³-hybridized carbons (Fsp3) is 0.200. The summed E-state index contributed by atoms with van der Waals surface area (Å²) >= 11 is 1.62. The van der Waals surface area contributed by atoms with Gasteiger partial charge >= 0.3 is 0 Å². The summed E-state index contributed by atoms with van der Waals surface area (Å²) in [6.07, 6.45) is 1.59. The minimum atomic E-state index is 0.774. The molecule has 0 amide bonds. The third kappa shape index (κ3) is 2.00. The van der Waals surface area contributed by atoms with Crippen LogP contribution in [0.2, 0.25) is 0 Å². The molecule has 20 heavy (non-hydrogen) atoms. The molecule has 2 heterocycles. The third-order valence-electron chi connectivity index (χ3n) is 3.22. The average Bonchev–Trinajstić information content (AvgIpc) is 2.88. The van der Waals surface area contributed by atoms with Gasteiger partial charge < -0.3 is 9.47 Å². The van der Waals surface area contributed by atoms with Crippen molar-refractivity contribution in [1.29, 1.82) is 0 Å². The van der Waals surface area contributed by atoms with Gasteiger partial charge in [0.05, 0.1) is 19.9 Å². The molecule has 0 unspecified atom stereocenters. The molecule has 0 bridgehead atoms. The van der Waals surface area contributed by atoms with Crippen LogP contribution in [-0.4, -0.2) is 24.2 Å². The molecule has 0 radical (unpaired) electrons. The first-order valence-electron chi connectivity index (χ1n) is 6.15. The van der Waals surface area contributed by atoms with E-state index in [1.54, 1.807) is 31.9 Å². The summed E-state index contributed by atoms with van der Waals surface area (Å²) in [4.78, 5) is 9.76. The van der Waals surface area contributed by atoms with E-state index in [1.807, 2.05) is 18.2 Å². The molecule has 0 spiro atoms. The van der Waals surface area contributed by atoms with Crippen molar-refractivity contribution in [3.8, 4) is 22.8 Å². The zero-order valence-electron chi connectivity index (χ0n) is 11.5. The normalized spacial score (nSPS) is 10.8. The molecule has 1 aromatic carbocycles. The number of aromatic nitrogens is 2. The van der Waals surface area contributed by atoms with Crippen LogP contribution in [0.15, 0.2) is 29.9 Å². The molecule has 0 fully saturated rings. The molecule has 102 valence electrons. The zero-order chi connectivity index (χ0) is 14.1. The molecule has 3 rings (SSSR count). The number of nitrogens with zero attached hydrogens (tertiary/aromatic N) is 2. The first-order valence-corrected chi connectivity index (χ1v) is 7.03. The van der Waals surface area contributed by atoms with Crippen LogP contribution in [-0.2, 0) is 0 Å². The van der Waals surface area contributed by atoms with Gasteiger partial charge in [-0.15, -0.1) is 11.3 Å². The number of ether oxygens (including phenoxy) is 2. The van der Waals surface area contributed by atoms with E-state index in [4.69, 9.17) is 9.47 Å². The van der Waals surface area contributed by atoms with Crippen molar-refractivity contribution in [2.75, 3.05) is 14.2 Å². The van der Waals surface area contributed by atoms with Gasteiger partial charge in [-0.3, -0.25) is 0 Å². The lowest BCUT2D eigenvalue weighted by atomic mass is 10.1. The van der Waals surface area contributed by atoms with Gasteiger partial charge in [-0.05, 0) is 36.1 Å². The predicted octanol–water partition coefficient (Wildman–Crippen LogP) is 3.68. The maximum absolute atomic E-state index is 5.45. The molecule has 2 aromatic heterocycles. The number of fused-ring (bicyclic) bond motifs is 1. The van der Waals surface area contributed by atoms with Crippen LogP contribution in [0.1, 0.15) is 5.56 Å². The summed E-state index contributed by atoms with van der Waals surface area (Å²) < 4.78 is 10.8. The van der Waals surface area contributed by atoms with Gasteiger partial charge in [0.2, 0.25) is 0 Å². The van der Waals surface area contributed by atoms with Crippen molar-refractivity contribution in [2.45, 2.75) is 6.92 Å². The maximum atomic E-state index is 5.45. The second kappa shape index (κ2) is 5.09. The summed E-state index contributed by atoms with van der Waals surface area (Å²) in [6.45, 7) is 2.07. The van der Waals surface area contributed by atoms with Crippen LogP contribution in [0, 0.1) is 6.92 Å². The summed E-state index contributed by atoms with van der Waals surface area (Å²) in [5, 5.41) is 3.17. The largest absolute Gasteiger partial charge is 0.497 e. The van der Waals surface area contributed by atoms with Crippen LogP contribution in [0.3, 0.4) is 0 Å². The minimum Gasteiger partial charge on any atom is -0.497 e. The van der Waals surface area contributed by atoms with Crippen molar-refractivity contribution >= 4 is 21.6 Å². The summed E-state index contributed by atoms with van der Waals surface area (Å²) in [5.41, 5.74) is 2.97. The number of benzene rings is 1. The second-order valence-corrected chi connectivity index (χ2v) is 5.25. The van der Waals surface area contributed by atoms with E-state index in [0.29, 0.717) is 0 Å². The highest BCUT2D eigenvalue weighted by Crippen LogP contribution is 2.38. The highest BCUT2D eigenvalue weighted by Gasteiger charge is 2.15. The van der Waals surface area contributed by atoms with Gasteiger partial charge in [0, 0.05) is 10.9 Å². The second-order valence-electron chi connectivity index (χ2n) is 4.39. The molecule has 5 heteroatoms. The lowest BCUT2D eigenvalue weighted by Crippen LogP contribution is -1.93. The van der Waals surface area contributed by atoms with Crippen LogP contribution in [0.25, 0.3) is 21.5 Å². The Kier molecular flexibility index (Phi) is 3.28. The molecule has 0 saturated carbocycles. The van der Waals surface area contributed by atoms with E-state index in [0.717, 1.165) is 33.0 Å². The summed E-state index contributed by atoms with van der Waals surface area (Å²) in [7, 11) is 3.31. The molecule has 0 aliphatic rings. The molecule has 0 aliphatic carbocycles. The van der Waals surface area contributed by atoms with Gasteiger partial charge in [-0.25, -0.2) is 9.97 Å². The van der Waals surface area contributed by atoms with Crippen LogP contribution in [0.4, 0.5) is 0 Å². The maximum Gasteiger partial charge on any atom is 0.128 e. The fourth-order valence-corrected chi connectivity index (χ4v) is 3.11. The number of rotatable bonds is 3. The highest BCUT2D eigenvalue weighted by molar-refractivity contribution is 7.17. The molecular formula is C15H14N2O2S. The van der Waals surface area contributed by atoms with Crippen molar-refractivity contribution in [3.05, 3.63) is 35.5 Å². The number of methoxy groups -OCH3 is 2. The number of hydrogen-bond acceptors (Lipinski definition) is 5. The summed E-state index contributed by atoms with van der Waals surface area (Å²) in [6, 6.07) is 5.71. The monoisotopic (exact) mass is 286 g/mol. The van der Waals surface area contributed by atoms with E-state index in [-0.39, 0.29) is 0 Å². The Labute approximate surface area is 121 Å². The standard InChI is InChI=1S/C15H14N2O2S/c1-9-7-20-15-13(9)14(16-8-17-15)11-6-10(18-2)4-5-12(11)19-3/h4-8H,1-3H3. The van der Waals surface area contributed by atoms with E-state index in [2.05, 4.69) is 22.3 Å². The van der Waals surface area contributed by atoms with Gasteiger partial charge in [-0.1, -0.05) is 0 Å². The van der Waals surface area contributed by atoms with Gasteiger partial charge in [0.15, 0.2) is 0 Å². The molecule has 0 saturated heterocycles. The Hall–Kier alpha value is -2.14. The number of thiophene rings is 1. The summed E-state index contributed by atoms with van der Waals surface area (Å²) in [5.74, 6) is 1.55. The zero-order valence-corrected chi connectivity index (χ0v) is 12.3. The van der Waals surface area contributed by atoms with Crippen molar-refractivity contribution in [3.63, 3.8) is 0 Å². The van der Waals surface area contributed by atoms with Crippen LogP contribution in [0.5, 0.6) is 11.5 Å². The lowest BCUT2D eigenvalue weighted by molar-refractivity contribution is 0.404. The first kappa shape index (κ1) is 12.9. The smallest absolute Gasteiger partial charge is 0.128 e. The van der Waals surface area contributed by atoms with Crippen LogP contribution >= 0.6 is 11.3 Å². The molecule has 4 nitrogen and oxygen atoms in total. The SMILES string of the molecule is COc1ccc(OC)c(-c2ncnc3scc(C)c23)c1. The van der Waals surface area contributed by atoms with Gasteiger partial charge in [0.1, 0.15) is 22.7 Å². The van der Waals surface area contributed by atoms with E-state index in [9.17, 15) is 0 Å². The Morgan fingerprint density at radius 2 is 1.95 bits per heavy atom. The Bertz CT molecular complexity index is 768. The first-order chi connectivity index (χ1) is 9.74. The number of hydrogen-bond donors (Lipinski definition) is 0. The van der Waals surface area contributed by atoms with Crippen molar-refractivity contribution < 1.29 is 9.47 Å².